The van der Waals surface area contributed by atoms with E-state index in [1.807, 2.05) is 0 Å². The van der Waals surface area contributed by atoms with Gasteiger partial charge in [0.1, 0.15) is 30.1 Å². The van der Waals surface area contributed by atoms with Crippen molar-refractivity contribution in [3.63, 3.8) is 0 Å². The molecule has 0 aliphatic carbocycles. The molecule has 0 aromatic carbocycles. The van der Waals surface area contributed by atoms with Crippen molar-refractivity contribution in [1.82, 2.24) is 14.6 Å². The first-order chi connectivity index (χ1) is 15.5. The number of amides is 3. The molecule has 1 saturated heterocycles. The molecule has 1 aromatic heterocycles. The van der Waals surface area contributed by atoms with Crippen LogP contribution in [0.3, 0.4) is 0 Å². The molecule has 18 heteroatoms. The van der Waals surface area contributed by atoms with Gasteiger partial charge in [-0.2, -0.15) is 12.7 Å². The molecule has 2 atom stereocenters. The van der Waals surface area contributed by atoms with Gasteiger partial charge >= 0.3 is 16.3 Å². The maximum Gasteiger partial charge on any atom is 0.363 e. The van der Waals surface area contributed by atoms with Gasteiger partial charge in [0.05, 0.1) is 5.69 Å². The van der Waals surface area contributed by atoms with Gasteiger partial charge in [0, 0.05) is 18.1 Å². The molecule has 1 fully saturated rings. The number of aromatic nitrogens is 1. The molecule has 3 N–H and O–H groups in total. The summed E-state index contributed by atoms with van der Waals surface area (Å²) in [5, 5.41) is 8.92. The average Bonchev–Trinajstić information content (AvgIpc) is 3.17. The number of carbonyl (C=O) groups excluding carboxylic acids is 4. The number of β-lactam (4-membered cyclic amide) rings is 1. The molecule has 33 heavy (non-hydrogen) atoms. The van der Waals surface area contributed by atoms with Crippen LogP contribution >= 0.6 is 34.7 Å². The van der Waals surface area contributed by atoms with Gasteiger partial charge in [-0.3, -0.25) is 23.7 Å². The Hall–Kier alpha value is -2.47. The SMILES string of the molecule is CC(=O)OCCS[C@@H]1[C@H](NC(=O)C=NOCc2csc(NC(=O)CCl)n2)C(=O)N1S(=O)(=O)O. The van der Waals surface area contributed by atoms with Crippen molar-refractivity contribution in [2.75, 3.05) is 23.6 Å². The summed E-state index contributed by atoms with van der Waals surface area (Å²) in [5.74, 6) is -2.98. The Morgan fingerprint density at radius 1 is 1.45 bits per heavy atom. The molecule has 0 radical (unpaired) electrons. The maximum atomic E-state index is 12.1. The van der Waals surface area contributed by atoms with Crippen LogP contribution in [0.2, 0.25) is 0 Å². The van der Waals surface area contributed by atoms with Crippen molar-refractivity contribution in [1.29, 1.82) is 0 Å². The molecule has 0 bridgehead atoms. The Morgan fingerprint density at radius 2 is 2.18 bits per heavy atom. The minimum absolute atomic E-state index is 0.0616. The van der Waals surface area contributed by atoms with E-state index in [0.29, 0.717) is 10.8 Å². The zero-order valence-corrected chi connectivity index (χ0v) is 20.0. The van der Waals surface area contributed by atoms with Crippen LogP contribution in [0.25, 0.3) is 0 Å². The summed E-state index contributed by atoms with van der Waals surface area (Å²) in [4.78, 5) is 55.0. The van der Waals surface area contributed by atoms with Gasteiger partial charge in [-0.05, 0) is 0 Å². The summed E-state index contributed by atoms with van der Waals surface area (Å²) < 4.78 is 36.9. The highest BCUT2D eigenvalue weighted by atomic mass is 35.5. The summed E-state index contributed by atoms with van der Waals surface area (Å²) in [7, 11) is -4.84. The number of ether oxygens (including phenoxy) is 1. The number of nitrogens with one attached hydrogen (secondary N) is 2. The number of hydrogen-bond donors (Lipinski definition) is 3. The van der Waals surface area contributed by atoms with Crippen LogP contribution in [0, 0.1) is 0 Å². The number of hydrogen-bond acceptors (Lipinski definition) is 12. The number of anilines is 1. The molecule has 14 nitrogen and oxygen atoms in total. The Kier molecular flexibility index (Phi) is 9.84. The fourth-order valence-corrected chi connectivity index (χ4v) is 5.35. The number of alkyl halides is 1. The molecule has 0 unspecified atom stereocenters. The minimum Gasteiger partial charge on any atom is -0.465 e. The molecular weight excluding hydrogens is 526 g/mol. The Morgan fingerprint density at radius 3 is 2.82 bits per heavy atom. The number of halogens is 1. The average molecular weight is 544 g/mol. The van der Waals surface area contributed by atoms with Crippen molar-refractivity contribution >= 4 is 80.0 Å². The van der Waals surface area contributed by atoms with Crippen molar-refractivity contribution in [3.8, 4) is 0 Å². The lowest BCUT2D eigenvalue weighted by Crippen LogP contribution is -2.70. The third-order valence-corrected chi connectivity index (χ3v) is 6.91. The van der Waals surface area contributed by atoms with E-state index in [0.717, 1.165) is 29.3 Å². The van der Waals surface area contributed by atoms with E-state index >= 15 is 0 Å². The van der Waals surface area contributed by atoms with Gasteiger partial charge in [-0.1, -0.05) is 5.16 Å². The Labute approximate surface area is 200 Å². The summed E-state index contributed by atoms with van der Waals surface area (Å²) in [5.41, 5.74) is 0.421. The van der Waals surface area contributed by atoms with Gasteiger partial charge in [0.25, 0.3) is 11.8 Å². The van der Waals surface area contributed by atoms with E-state index in [2.05, 4.69) is 20.8 Å². The van der Waals surface area contributed by atoms with Crippen molar-refractivity contribution in [2.24, 2.45) is 5.16 Å². The molecule has 0 spiro atoms. The highest BCUT2D eigenvalue weighted by molar-refractivity contribution is 8.00. The third-order valence-electron chi connectivity index (χ3n) is 3.60. The number of thiazole rings is 1. The highest BCUT2D eigenvalue weighted by Crippen LogP contribution is 2.32. The molecule has 3 amide bonds. The van der Waals surface area contributed by atoms with Crippen LogP contribution in [0.15, 0.2) is 10.5 Å². The third kappa shape index (κ3) is 8.11. The van der Waals surface area contributed by atoms with Gasteiger partial charge < -0.3 is 20.2 Å². The largest absolute Gasteiger partial charge is 0.465 e. The predicted octanol–water partition coefficient (Wildman–Crippen LogP) is -0.425. The van der Waals surface area contributed by atoms with Crippen molar-refractivity contribution in [3.05, 3.63) is 11.1 Å². The quantitative estimate of drug-likeness (QED) is 0.0589. The predicted molar refractivity (Wildman–Crippen MR) is 118 cm³/mol. The number of oxime groups is 1. The Bertz CT molecular complexity index is 1030. The fraction of sp³-hybridized carbons (Fsp3) is 0.467. The van der Waals surface area contributed by atoms with Crippen LogP contribution in [0.4, 0.5) is 5.13 Å². The van der Waals surface area contributed by atoms with E-state index in [1.54, 1.807) is 5.38 Å². The number of thioether (sulfide) groups is 1. The number of nitrogens with zero attached hydrogens (tertiary/aromatic N) is 3. The standard InChI is InChI=1S/C15H18ClN5O9S3/c1-8(22)29-2-3-31-14-12(13(25)21(14)33(26,27)28)19-11(24)5-17-30-6-9-7-32-15(18-9)20-10(23)4-16/h5,7,12,14H,2-4,6H2,1H3,(H,19,24)(H,18,20,23)(H,26,27,28)/t12-,14-/m1/s1. The zero-order chi connectivity index (χ0) is 24.6. The second-order valence-electron chi connectivity index (χ2n) is 6.03. The van der Waals surface area contributed by atoms with E-state index in [9.17, 15) is 32.1 Å². The molecule has 1 aliphatic heterocycles. The molecule has 2 rings (SSSR count). The first kappa shape index (κ1) is 26.8. The van der Waals surface area contributed by atoms with Gasteiger partial charge in [-0.15, -0.1) is 34.7 Å². The van der Waals surface area contributed by atoms with Crippen LogP contribution < -0.4 is 10.6 Å². The van der Waals surface area contributed by atoms with Crippen LogP contribution in [-0.4, -0.2) is 81.8 Å². The molecule has 182 valence electrons. The van der Waals surface area contributed by atoms with Crippen molar-refractivity contribution < 1.29 is 41.7 Å². The van der Waals surface area contributed by atoms with Crippen LogP contribution in [-0.2, 0) is 45.7 Å². The highest BCUT2D eigenvalue weighted by Gasteiger charge is 2.54. The molecule has 1 aliphatic rings. The zero-order valence-electron chi connectivity index (χ0n) is 16.8. The lowest BCUT2D eigenvalue weighted by Gasteiger charge is -2.43. The molecule has 1 aromatic rings. The Balaban J connectivity index is 1.85. The minimum atomic E-state index is -4.84. The monoisotopic (exact) mass is 543 g/mol. The molecule has 0 saturated carbocycles. The maximum absolute atomic E-state index is 12.1. The fourth-order valence-electron chi connectivity index (χ4n) is 2.30. The summed E-state index contributed by atoms with van der Waals surface area (Å²) in [6.07, 6.45) is 0.729. The van der Waals surface area contributed by atoms with E-state index < -0.39 is 45.4 Å². The molecule has 2 heterocycles. The van der Waals surface area contributed by atoms with Crippen LogP contribution in [0.1, 0.15) is 12.6 Å². The van der Waals surface area contributed by atoms with Gasteiger partial charge in [-0.25, -0.2) is 4.98 Å². The number of rotatable bonds is 12. The van der Waals surface area contributed by atoms with Gasteiger partial charge in [0.2, 0.25) is 5.91 Å². The van der Waals surface area contributed by atoms with E-state index in [1.165, 1.54) is 6.92 Å². The number of carbonyl (C=O) groups is 4. The topological polar surface area (TPSA) is 194 Å². The summed E-state index contributed by atoms with van der Waals surface area (Å²) >= 11 is 7.40. The first-order valence-corrected chi connectivity index (χ1v) is 12.7. The lowest BCUT2D eigenvalue weighted by molar-refractivity contribution is -0.141. The van der Waals surface area contributed by atoms with Gasteiger partial charge in [0.15, 0.2) is 11.7 Å². The number of esters is 1. The lowest BCUT2D eigenvalue weighted by atomic mass is 10.1. The first-order valence-electron chi connectivity index (χ1n) is 8.84. The smallest absolute Gasteiger partial charge is 0.363 e. The van der Waals surface area contributed by atoms with E-state index in [-0.39, 0.29) is 29.2 Å². The normalized spacial score (nSPS) is 18.0. The van der Waals surface area contributed by atoms with E-state index in [4.69, 9.17) is 21.2 Å². The van der Waals surface area contributed by atoms with Crippen molar-refractivity contribution in [2.45, 2.75) is 24.9 Å². The second-order valence-corrected chi connectivity index (χ2v) is 9.67. The summed E-state index contributed by atoms with van der Waals surface area (Å²) in [6.45, 7) is 1.01. The second kappa shape index (κ2) is 12.1. The summed E-state index contributed by atoms with van der Waals surface area (Å²) in [6, 6.07) is -1.26. The van der Waals surface area contributed by atoms with Crippen LogP contribution in [0.5, 0.6) is 0 Å². The molecular formula is C15H18ClN5O9S3.